The first kappa shape index (κ1) is 21.0. The largest absolute Gasteiger partial charge is 0.454 e. The van der Waals surface area contributed by atoms with Gasteiger partial charge in [-0.05, 0) is 49.6 Å². The van der Waals surface area contributed by atoms with E-state index in [1.54, 1.807) is 17.9 Å². The Labute approximate surface area is 175 Å². The molecule has 1 heterocycles. The number of likely N-dealkylation sites (N-methyl/N-ethyl adjacent to an activating group) is 1. The molecule has 0 unspecified atom stereocenters. The SMILES string of the molecule is CCNC(=O)[C@H](C)N(Cc1ccccc1Cl)C(=O)CCc1ccc2c(c1)OCO2. The summed E-state index contributed by atoms with van der Waals surface area (Å²) in [6.07, 6.45) is 0.810. The third-order valence-electron chi connectivity index (χ3n) is 4.88. The highest BCUT2D eigenvalue weighted by molar-refractivity contribution is 6.31. The maximum absolute atomic E-state index is 13.1. The summed E-state index contributed by atoms with van der Waals surface area (Å²) in [7, 11) is 0. The quantitative estimate of drug-likeness (QED) is 0.714. The lowest BCUT2D eigenvalue weighted by Gasteiger charge is -2.29. The molecule has 2 aromatic rings. The van der Waals surface area contributed by atoms with Crippen molar-refractivity contribution in [1.29, 1.82) is 0 Å². The van der Waals surface area contributed by atoms with Gasteiger partial charge in [0.05, 0.1) is 0 Å². The molecule has 1 N–H and O–H groups in total. The van der Waals surface area contributed by atoms with Crippen molar-refractivity contribution < 1.29 is 19.1 Å². The topological polar surface area (TPSA) is 67.9 Å². The second-order valence-electron chi connectivity index (χ2n) is 6.87. The molecule has 7 heteroatoms. The first-order valence-corrected chi connectivity index (χ1v) is 10.1. The standard InChI is InChI=1S/C22H25ClN2O4/c1-3-24-22(27)15(2)25(13-17-6-4-5-7-18(17)23)21(26)11-9-16-8-10-19-20(12-16)29-14-28-19/h4-8,10,12,15H,3,9,11,13-14H2,1-2H3,(H,24,27)/t15-/m0/s1. The summed E-state index contributed by atoms with van der Waals surface area (Å²) >= 11 is 6.28. The Bertz CT molecular complexity index is 887. The zero-order valence-corrected chi connectivity index (χ0v) is 17.4. The van der Waals surface area contributed by atoms with Crippen LogP contribution in [-0.2, 0) is 22.6 Å². The van der Waals surface area contributed by atoms with Gasteiger partial charge in [0, 0.05) is 24.5 Å². The average molecular weight is 417 g/mol. The summed E-state index contributed by atoms with van der Waals surface area (Å²) in [6.45, 7) is 4.59. The van der Waals surface area contributed by atoms with Crippen molar-refractivity contribution in [2.45, 2.75) is 39.3 Å². The Hall–Kier alpha value is -2.73. The van der Waals surface area contributed by atoms with E-state index < -0.39 is 6.04 Å². The van der Waals surface area contributed by atoms with E-state index in [4.69, 9.17) is 21.1 Å². The summed E-state index contributed by atoms with van der Waals surface area (Å²) < 4.78 is 10.7. The van der Waals surface area contributed by atoms with Crippen molar-refractivity contribution in [3.8, 4) is 11.5 Å². The van der Waals surface area contributed by atoms with Gasteiger partial charge in [-0.1, -0.05) is 35.9 Å². The van der Waals surface area contributed by atoms with Crippen LogP contribution in [-0.4, -0.2) is 36.1 Å². The Morgan fingerprint density at radius 2 is 1.93 bits per heavy atom. The van der Waals surface area contributed by atoms with E-state index >= 15 is 0 Å². The lowest BCUT2D eigenvalue weighted by atomic mass is 10.1. The maximum atomic E-state index is 13.1. The molecule has 0 fully saturated rings. The number of rotatable bonds is 8. The van der Waals surface area contributed by atoms with E-state index in [0.29, 0.717) is 29.5 Å². The molecule has 0 aromatic heterocycles. The number of benzene rings is 2. The van der Waals surface area contributed by atoms with Crippen molar-refractivity contribution in [3.63, 3.8) is 0 Å². The van der Waals surface area contributed by atoms with Gasteiger partial charge < -0.3 is 19.7 Å². The predicted molar refractivity (Wildman–Crippen MR) is 111 cm³/mol. The molecule has 6 nitrogen and oxygen atoms in total. The number of hydrogen-bond donors (Lipinski definition) is 1. The summed E-state index contributed by atoms with van der Waals surface area (Å²) in [4.78, 5) is 27.0. The van der Waals surface area contributed by atoms with Gasteiger partial charge >= 0.3 is 0 Å². The summed E-state index contributed by atoms with van der Waals surface area (Å²) in [5.74, 6) is 1.11. The molecule has 154 valence electrons. The molecule has 0 saturated carbocycles. The van der Waals surface area contributed by atoms with E-state index in [0.717, 1.165) is 11.1 Å². The Balaban J connectivity index is 1.72. The molecule has 1 atom stereocenters. The number of nitrogens with zero attached hydrogens (tertiary/aromatic N) is 1. The van der Waals surface area contributed by atoms with Crippen molar-refractivity contribution in [2.75, 3.05) is 13.3 Å². The van der Waals surface area contributed by atoms with Gasteiger partial charge in [0.25, 0.3) is 0 Å². The van der Waals surface area contributed by atoms with Crippen LogP contribution in [0.15, 0.2) is 42.5 Å². The number of carbonyl (C=O) groups excluding carboxylic acids is 2. The molecular weight excluding hydrogens is 392 g/mol. The van der Waals surface area contributed by atoms with Crippen LogP contribution >= 0.6 is 11.6 Å². The first-order chi connectivity index (χ1) is 14.0. The van der Waals surface area contributed by atoms with Crippen LogP contribution in [0.5, 0.6) is 11.5 Å². The van der Waals surface area contributed by atoms with E-state index in [1.165, 1.54) is 0 Å². The molecule has 1 aliphatic rings. The molecule has 2 aromatic carbocycles. The van der Waals surface area contributed by atoms with Crippen molar-refractivity contribution in [2.24, 2.45) is 0 Å². The van der Waals surface area contributed by atoms with Crippen LogP contribution in [0.4, 0.5) is 0 Å². The van der Waals surface area contributed by atoms with Gasteiger partial charge in [-0.3, -0.25) is 9.59 Å². The number of nitrogens with one attached hydrogen (secondary N) is 1. The van der Waals surface area contributed by atoms with Gasteiger partial charge in [-0.2, -0.15) is 0 Å². The highest BCUT2D eigenvalue weighted by Gasteiger charge is 2.26. The minimum atomic E-state index is -0.601. The second kappa shape index (κ2) is 9.65. The molecule has 0 bridgehead atoms. The highest BCUT2D eigenvalue weighted by atomic mass is 35.5. The van der Waals surface area contributed by atoms with Crippen LogP contribution < -0.4 is 14.8 Å². The van der Waals surface area contributed by atoms with Crippen LogP contribution in [0.3, 0.4) is 0 Å². The van der Waals surface area contributed by atoms with Crippen molar-refractivity contribution in [1.82, 2.24) is 10.2 Å². The summed E-state index contributed by atoms with van der Waals surface area (Å²) in [5.41, 5.74) is 1.78. The van der Waals surface area contributed by atoms with Crippen LogP contribution in [0.2, 0.25) is 5.02 Å². The molecule has 3 rings (SSSR count). The van der Waals surface area contributed by atoms with Crippen LogP contribution in [0.1, 0.15) is 31.4 Å². The fourth-order valence-corrected chi connectivity index (χ4v) is 3.40. The smallest absolute Gasteiger partial charge is 0.242 e. The average Bonchev–Trinajstić information content (AvgIpc) is 3.19. The van der Waals surface area contributed by atoms with Crippen LogP contribution in [0.25, 0.3) is 0 Å². The Kier molecular flexibility index (Phi) is 6.99. The van der Waals surface area contributed by atoms with Crippen LogP contribution in [0, 0.1) is 0 Å². The fraction of sp³-hybridized carbons (Fsp3) is 0.364. The van der Waals surface area contributed by atoms with Gasteiger partial charge in [0.1, 0.15) is 6.04 Å². The highest BCUT2D eigenvalue weighted by Crippen LogP contribution is 2.32. The minimum Gasteiger partial charge on any atom is -0.454 e. The predicted octanol–water partition coefficient (Wildman–Crippen LogP) is 3.55. The van der Waals surface area contributed by atoms with Gasteiger partial charge in [-0.25, -0.2) is 0 Å². The lowest BCUT2D eigenvalue weighted by molar-refractivity contribution is -0.140. The minimum absolute atomic E-state index is 0.110. The lowest BCUT2D eigenvalue weighted by Crippen LogP contribution is -2.47. The zero-order valence-electron chi connectivity index (χ0n) is 16.6. The molecule has 0 aliphatic carbocycles. The monoisotopic (exact) mass is 416 g/mol. The second-order valence-corrected chi connectivity index (χ2v) is 7.28. The van der Waals surface area contributed by atoms with Crippen molar-refractivity contribution in [3.05, 3.63) is 58.6 Å². The van der Waals surface area contributed by atoms with E-state index in [-0.39, 0.29) is 31.6 Å². The van der Waals surface area contributed by atoms with Gasteiger partial charge in [-0.15, -0.1) is 0 Å². The molecule has 0 spiro atoms. The third kappa shape index (κ3) is 5.21. The van der Waals surface area contributed by atoms with Gasteiger partial charge in [0.15, 0.2) is 11.5 Å². The first-order valence-electron chi connectivity index (χ1n) is 9.68. The molecular formula is C22H25ClN2O4. The summed E-state index contributed by atoms with van der Waals surface area (Å²) in [6, 6.07) is 12.4. The number of ether oxygens (including phenoxy) is 2. The normalized spacial score (nSPS) is 13.1. The van der Waals surface area contributed by atoms with E-state index in [2.05, 4.69) is 5.32 Å². The fourth-order valence-electron chi connectivity index (χ4n) is 3.21. The Morgan fingerprint density at radius 3 is 2.69 bits per heavy atom. The zero-order chi connectivity index (χ0) is 20.8. The van der Waals surface area contributed by atoms with E-state index in [1.807, 2.05) is 43.3 Å². The third-order valence-corrected chi connectivity index (χ3v) is 5.25. The van der Waals surface area contributed by atoms with Gasteiger partial charge in [0.2, 0.25) is 18.6 Å². The van der Waals surface area contributed by atoms with Crippen molar-refractivity contribution >= 4 is 23.4 Å². The molecule has 0 radical (unpaired) electrons. The molecule has 29 heavy (non-hydrogen) atoms. The summed E-state index contributed by atoms with van der Waals surface area (Å²) in [5, 5.41) is 3.36. The number of aryl methyl sites for hydroxylation is 1. The van der Waals surface area contributed by atoms with E-state index in [9.17, 15) is 9.59 Å². The molecule has 1 aliphatic heterocycles. The Morgan fingerprint density at radius 1 is 1.17 bits per heavy atom. The number of halogens is 1. The number of hydrogen-bond acceptors (Lipinski definition) is 4. The molecule has 2 amide bonds. The number of amides is 2. The maximum Gasteiger partial charge on any atom is 0.242 e. The number of fused-ring (bicyclic) bond motifs is 1. The molecule has 0 saturated heterocycles. The number of carbonyl (C=O) groups is 2.